The number of hydrogen-bond acceptors (Lipinski definition) is 1. The monoisotopic (exact) mass is 178 g/mol. The quantitative estimate of drug-likeness (QED) is 0.712. The summed E-state index contributed by atoms with van der Waals surface area (Å²) >= 11 is 0. The molecule has 0 spiro atoms. The smallest absolute Gasteiger partial charge is 0.0653 e. The third-order valence-corrected chi connectivity index (χ3v) is 1.91. The number of H-pyrrole nitrogens is 1. The minimum Gasteiger partial charge on any atom is -0.278 e. The SMILES string of the molecule is CC.CCc1ccc2cn[nH]c2c1.[HH]. The number of fused-ring (bicyclic) bond motifs is 1. The van der Waals surface area contributed by atoms with Gasteiger partial charge in [-0.05, 0) is 18.1 Å². The maximum Gasteiger partial charge on any atom is 0.0653 e. The normalized spacial score (nSPS) is 9.46. The van der Waals surface area contributed by atoms with E-state index in [2.05, 4.69) is 35.3 Å². The maximum absolute atomic E-state index is 3.95. The molecule has 0 radical (unpaired) electrons. The van der Waals surface area contributed by atoms with Crippen molar-refractivity contribution < 1.29 is 1.43 Å². The summed E-state index contributed by atoms with van der Waals surface area (Å²) in [6.07, 6.45) is 2.92. The van der Waals surface area contributed by atoms with Gasteiger partial charge >= 0.3 is 0 Å². The summed E-state index contributed by atoms with van der Waals surface area (Å²) in [7, 11) is 0. The molecule has 1 N–H and O–H groups in total. The zero-order valence-electron chi connectivity index (χ0n) is 8.46. The number of nitrogens with zero attached hydrogens (tertiary/aromatic N) is 1. The molecular formula is C11H18N2. The predicted octanol–water partition coefficient (Wildman–Crippen LogP) is 3.40. The molecule has 0 aliphatic carbocycles. The van der Waals surface area contributed by atoms with E-state index in [1.807, 2.05) is 20.0 Å². The Morgan fingerprint density at radius 2 is 2.15 bits per heavy atom. The van der Waals surface area contributed by atoms with Gasteiger partial charge in [0.2, 0.25) is 0 Å². The van der Waals surface area contributed by atoms with Crippen molar-refractivity contribution in [3.05, 3.63) is 30.0 Å². The van der Waals surface area contributed by atoms with E-state index < -0.39 is 0 Å². The molecular weight excluding hydrogens is 160 g/mol. The standard InChI is InChI=1S/C9H10N2.C2H6.H2/c1-2-7-3-4-8-6-10-11-9(8)5-7;1-2;/h3-6H,2H2,1H3,(H,10,11);1-2H3;1H. The summed E-state index contributed by atoms with van der Waals surface area (Å²) in [4.78, 5) is 0. The Kier molecular flexibility index (Phi) is 3.50. The van der Waals surface area contributed by atoms with Crippen LogP contribution in [0.2, 0.25) is 0 Å². The van der Waals surface area contributed by atoms with Crippen LogP contribution in [-0.2, 0) is 6.42 Å². The van der Waals surface area contributed by atoms with Gasteiger partial charge in [-0.15, -0.1) is 0 Å². The van der Waals surface area contributed by atoms with E-state index >= 15 is 0 Å². The average Bonchev–Trinajstić information content (AvgIpc) is 2.67. The summed E-state index contributed by atoms with van der Waals surface area (Å²) in [5, 5.41) is 8.08. The van der Waals surface area contributed by atoms with Crippen LogP contribution in [0.5, 0.6) is 0 Å². The minimum absolute atomic E-state index is 0. The number of aromatic nitrogens is 2. The van der Waals surface area contributed by atoms with Crippen molar-refractivity contribution >= 4 is 10.9 Å². The molecule has 0 aliphatic rings. The lowest BCUT2D eigenvalue weighted by Gasteiger charge is -1.93. The van der Waals surface area contributed by atoms with Crippen molar-refractivity contribution in [1.82, 2.24) is 10.2 Å². The topological polar surface area (TPSA) is 28.7 Å². The zero-order chi connectivity index (χ0) is 9.68. The van der Waals surface area contributed by atoms with Crippen molar-refractivity contribution in [1.29, 1.82) is 0 Å². The Labute approximate surface area is 80.5 Å². The summed E-state index contributed by atoms with van der Waals surface area (Å²) in [6.45, 7) is 6.15. The molecule has 72 valence electrons. The van der Waals surface area contributed by atoms with Gasteiger partial charge < -0.3 is 0 Å². The van der Waals surface area contributed by atoms with Crippen LogP contribution in [-0.4, -0.2) is 10.2 Å². The molecule has 1 heterocycles. The van der Waals surface area contributed by atoms with Gasteiger partial charge in [0.1, 0.15) is 0 Å². The van der Waals surface area contributed by atoms with Gasteiger partial charge in [-0.3, -0.25) is 5.10 Å². The fraction of sp³-hybridized carbons (Fsp3) is 0.364. The van der Waals surface area contributed by atoms with Crippen LogP contribution in [0.4, 0.5) is 0 Å². The largest absolute Gasteiger partial charge is 0.278 e. The van der Waals surface area contributed by atoms with E-state index in [1.54, 1.807) is 0 Å². The first-order chi connectivity index (χ1) is 6.40. The van der Waals surface area contributed by atoms with Gasteiger partial charge in [-0.2, -0.15) is 5.10 Å². The molecule has 0 bridgehead atoms. The molecule has 2 aromatic rings. The second kappa shape index (κ2) is 4.65. The molecule has 0 saturated carbocycles. The highest BCUT2D eigenvalue weighted by Gasteiger charge is 1.94. The predicted molar refractivity (Wildman–Crippen MR) is 58.9 cm³/mol. The Hall–Kier alpha value is -1.31. The first-order valence-corrected chi connectivity index (χ1v) is 4.82. The Bertz CT molecular complexity index is 368. The van der Waals surface area contributed by atoms with Crippen LogP contribution in [0.3, 0.4) is 0 Å². The summed E-state index contributed by atoms with van der Waals surface area (Å²) < 4.78 is 0. The number of nitrogens with one attached hydrogen (secondary N) is 1. The van der Waals surface area contributed by atoms with Crippen molar-refractivity contribution in [3.8, 4) is 0 Å². The summed E-state index contributed by atoms with van der Waals surface area (Å²) in [5.74, 6) is 0. The summed E-state index contributed by atoms with van der Waals surface area (Å²) in [5.41, 5.74) is 2.48. The highest BCUT2D eigenvalue weighted by Crippen LogP contribution is 2.12. The molecule has 13 heavy (non-hydrogen) atoms. The Morgan fingerprint density at radius 1 is 1.38 bits per heavy atom. The van der Waals surface area contributed by atoms with Gasteiger partial charge in [0.05, 0.1) is 11.7 Å². The number of aromatic amines is 1. The van der Waals surface area contributed by atoms with Crippen molar-refractivity contribution in [2.75, 3.05) is 0 Å². The molecule has 0 unspecified atom stereocenters. The van der Waals surface area contributed by atoms with Crippen LogP contribution in [0.25, 0.3) is 10.9 Å². The van der Waals surface area contributed by atoms with E-state index in [9.17, 15) is 0 Å². The number of rotatable bonds is 1. The van der Waals surface area contributed by atoms with Gasteiger partial charge in [-0.25, -0.2) is 0 Å². The molecule has 1 aromatic carbocycles. The molecule has 0 fully saturated rings. The van der Waals surface area contributed by atoms with Crippen molar-refractivity contribution in [2.45, 2.75) is 27.2 Å². The Morgan fingerprint density at radius 3 is 2.85 bits per heavy atom. The minimum atomic E-state index is 0. The molecule has 2 nitrogen and oxygen atoms in total. The van der Waals surface area contributed by atoms with Crippen LogP contribution in [0.1, 0.15) is 27.8 Å². The maximum atomic E-state index is 3.95. The second-order valence-electron chi connectivity index (χ2n) is 2.65. The first kappa shape index (κ1) is 9.78. The van der Waals surface area contributed by atoms with E-state index in [4.69, 9.17) is 0 Å². The first-order valence-electron chi connectivity index (χ1n) is 4.82. The van der Waals surface area contributed by atoms with E-state index in [0.29, 0.717) is 0 Å². The van der Waals surface area contributed by atoms with Gasteiger partial charge in [0.15, 0.2) is 0 Å². The van der Waals surface area contributed by atoms with Crippen LogP contribution in [0.15, 0.2) is 24.4 Å². The molecule has 0 saturated heterocycles. The lowest BCUT2D eigenvalue weighted by atomic mass is 10.1. The lowest BCUT2D eigenvalue weighted by molar-refractivity contribution is 1.11. The third-order valence-electron chi connectivity index (χ3n) is 1.91. The van der Waals surface area contributed by atoms with Crippen LogP contribution >= 0.6 is 0 Å². The lowest BCUT2D eigenvalue weighted by Crippen LogP contribution is -1.78. The fourth-order valence-corrected chi connectivity index (χ4v) is 1.20. The fourth-order valence-electron chi connectivity index (χ4n) is 1.20. The van der Waals surface area contributed by atoms with Crippen molar-refractivity contribution in [2.24, 2.45) is 0 Å². The van der Waals surface area contributed by atoms with Gasteiger partial charge in [0, 0.05) is 6.81 Å². The Balaban J connectivity index is 0.000000531. The highest BCUT2D eigenvalue weighted by molar-refractivity contribution is 5.78. The highest BCUT2D eigenvalue weighted by atomic mass is 15.1. The van der Waals surface area contributed by atoms with Crippen molar-refractivity contribution in [3.63, 3.8) is 0 Å². The number of hydrogen-bond donors (Lipinski definition) is 1. The molecule has 2 heteroatoms. The number of benzene rings is 1. The third kappa shape index (κ3) is 2.08. The molecule has 0 aliphatic heterocycles. The van der Waals surface area contributed by atoms with Gasteiger partial charge in [-0.1, -0.05) is 32.9 Å². The average molecular weight is 178 g/mol. The van der Waals surface area contributed by atoms with Crippen LogP contribution < -0.4 is 0 Å². The van der Waals surface area contributed by atoms with E-state index in [-0.39, 0.29) is 1.43 Å². The molecule has 1 aromatic heterocycles. The zero-order valence-corrected chi connectivity index (χ0v) is 8.46. The van der Waals surface area contributed by atoms with Crippen LogP contribution in [0, 0.1) is 0 Å². The second-order valence-corrected chi connectivity index (χ2v) is 2.65. The molecule has 2 rings (SSSR count). The van der Waals surface area contributed by atoms with Gasteiger partial charge in [0.25, 0.3) is 0 Å². The van der Waals surface area contributed by atoms with E-state index in [0.717, 1.165) is 11.9 Å². The molecule has 0 amide bonds. The summed E-state index contributed by atoms with van der Waals surface area (Å²) in [6, 6.07) is 6.37. The van der Waals surface area contributed by atoms with E-state index in [1.165, 1.54) is 10.9 Å². The molecule has 0 atom stereocenters. The number of aryl methyl sites for hydroxylation is 1.